The van der Waals surface area contributed by atoms with Crippen LogP contribution in [0.5, 0.6) is 0 Å². The topological polar surface area (TPSA) is 76.4 Å². The van der Waals surface area contributed by atoms with E-state index in [1.54, 1.807) is 19.2 Å². The lowest BCUT2D eigenvalue weighted by Gasteiger charge is -2.34. The summed E-state index contributed by atoms with van der Waals surface area (Å²) in [5, 5.41) is 6.88. The van der Waals surface area contributed by atoms with Gasteiger partial charge in [0.1, 0.15) is 0 Å². The molecule has 1 heterocycles. The maximum atomic E-state index is 12.5. The molecule has 0 saturated carbocycles. The molecule has 0 aromatic heterocycles. The monoisotopic (exact) mass is 311 g/mol. The lowest BCUT2D eigenvalue weighted by atomic mass is 9.88. The van der Waals surface area contributed by atoms with Gasteiger partial charge in [0.15, 0.2) is 0 Å². The second-order valence-corrected chi connectivity index (χ2v) is 5.88. The molecule has 21 heavy (non-hydrogen) atoms. The Kier molecular flexibility index (Phi) is 5.58. The summed E-state index contributed by atoms with van der Waals surface area (Å²) in [7, 11) is 1.61. The van der Waals surface area contributed by atoms with Crippen molar-refractivity contribution >= 4 is 17.5 Å². The minimum absolute atomic E-state index is 0.124. The Labute approximate surface area is 130 Å². The molecule has 0 unspecified atom stereocenters. The highest BCUT2D eigenvalue weighted by Gasteiger charge is 2.36. The molecule has 0 bridgehead atoms. The predicted molar refractivity (Wildman–Crippen MR) is 83.2 cm³/mol. The lowest BCUT2D eigenvalue weighted by molar-refractivity contribution is -0.128. The van der Waals surface area contributed by atoms with Crippen molar-refractivity contribution in [2.45, 2.75) is 24.4 Å². The van der Waals surface area contributed by atoms with E-state index in [-0.39, 0.29) is 11.9 Å². The summed E-state index contributed by atoms with van der Waals surface area (Å²) in [6.45, 7) is 1.92. The fourth-order valence-corrected chi connectivity index (χ4v) is 2.61. The normalized spacial score (nSPS) is 19.0. The number of hydrogen-bond acceptors (Lipinski definition) is 4. The maximum absolute atomic E-state index is 12.5. The van der Waals surface area contributed by atoms with E-state index in [1.807, 2.05) is 12.1 Å². The van der Waals surface area contributed by atoms with Gasteiger partial charge in [0.05, 0.1) is 18.2 Å². The fourth-order valence-electron chi connectivity index (χ4n) is 2.48. The highest BCUT2D eigenvalue weighted by molar-refractivity contribution is 6.30. The minimum atomic E-state index is -0.802. The zero-order valence-electron chi connectivity index (χ0n) is 12.2. The first-order valence-corrected chi connectivity index (χ1v) is 7.48. The lowest BCUT2D eigenvalue weighted by Crippen LogP contribution is -2.59. The van der Waals surface area contributed by atoms with Gasteiger partial charge in [-0.25, -0.2) is 0 Å². The average Bonchev–Trinajstić information content (AvgIpc) is 2.48. The summed E-state index contributed by atoms with van der Waals surface area (Å²) in [5.74, 6) is -0.124. The minimum Gasteiger partial charge on any atom is -0.382 e. The molecule has 1 saturated heterocycles. The summed E-state index contributed by atoms with van der Waals surface area (Å²) in [4.78, 5) is 12.5. The SMILES string of the molecule is COC[C@H](NC(=O)C1(N)CCNCC1)c1ccc(Cl)cc1. The number of rotatable bonds is 5. The molecule has 1 amide bonds. The van der Waals surface area contributed by atoms with Crippen molar-refractivity contribution in [2.75, 3.05) is 26.8 Å². The molecule has 1 fully saturated rings. The van der Waals surface area contributed by atoms with Gasteiger partial charge in [0, 0.05) is 12.1 Å². The van der Waals surface area contributed by atoms with Crippen molar-refractivity contribution in [3.05, 3.63) is 34.9 Å². The molecule has 0 aliphatic carbocycles. The highest BCUT2D eigenvalue weighted by atomic mass is 35.5. The molecule has 116 valence electrons. The van der Waals surface area contributed by atoms with E-state index in [0.717, 1.165) is 18.7 Å². The summed E-state index contributed by atoms with van der Waals surface area (Å²) >= 11 is 5.90. The molecular weight excluding hydrogens is 290 g/mol. The molecule has 4 N–H and O–H groups in total. The third kappa shape index (κ3) is 4.17. The molecule has 1 aromatic rings. The first-order chi connectivity index (χ1) is 10.0. The van der Waals surface area contributed by atoms with E-state index >= 15 is 0 Å². The molecule has 0 spiro atoms. The van der Waals surface area contributed by atoms with Crippen LogP contribution in [0.15, 0.2) is 24.3 Å². The molecule has 1 aliphatic heterocycles. The number of piperidine rings is 1. The van der Waals surface area contributed by atoms with Gasteiger partial charge < -0.3 is 21.1 Å². The van der Waals surface area contributed by atoms with Crippen molar-refractivity contribution < 1.29 is 9.53 Å². The largest absolute Gasteiger partial charge is 0.382 e. The van der Waals surface area contributed by atoms with Crippen molar-refractivity contribution in [2.24, 2.45) is 5.73 Å². The third-order valence-electron chi connectivity index (χ3n) is 3.86. The molecule has 6 heteroatoms. The van der Waals surface area contributed by atoms with Gasteiger partial charge in [-0.3, -0.25) is 4.79 Å². The van der Waals surface area contributed by atoms with E-state index in [2.05, 4.69) is 10.6 Å². The van der Waals surface area contributed by atoms with Crippen molar-refractivity contribution in [1.29, 1.82) is 0 Å². The van der Waals surface area contributed by atoms with Gasteiger partial charge in [-0.2, -0.15) is 0 Å². The number of carbonyl (C=O) groups excluding carboxylic acids is 1. The maximum Gasteiger partial charge on any atom is 0.240 e. The van der Waals surface area contributed by atoms with Crippen LogP contribution in [-0.4, -0.2) is 38.3 Å². The van der Waals surface area contributed by atoms with Crippen LogP contribution in [-0.2, 0) is 9.53 Å². The first kappa shape index (κ1) is 16.2. The van der Waals surface area contributed by atoms with Crippen LogP contribution in [0.25, 0.3) is 0 Å². The Hall–Kier alpha value is -1.14. The average molecular weight is 312 g/mol. The zero-order valence-corrected chi connectivity index (χ0v) is 13.0. The second kappa shape index (κ2) is 7.22. The standard InChI is InChI=1S/C15H22ClN3O2/c1-21-10-13(11-2-4-12(16)5-3-11)19-14(20)15(17)6-8-18-9-7-15/h2-5,13,18H,6-10,17H2,1H3,(H,19,20)/t13-/m0/s1. The smallest absolute Gasteiger partial charge is 0.240 e. The second-order valence-electron chi connectivity index (χ2n) is 5.44. The molecular formula is C15H22ClN3O2. The number of methoxy groups -OCH3 is 1. The predicted octanol–water partition coefficient (Wildman–Crippen LogP) is 1.22. The van der Waals surface area contributed by atoms with Gasteiger partial charge in [-0.1, -0.05) is 23.7 Å². The number of ether oxygens (including phenoxy) is 1. The summed E-state index contributed by atoms with van der Waals surface area (Å²) in [5.41, 5.74) is 6.38. The first-order valence-electron chi connectivity index (χ1n) is 7.10. The fraction of sp³-hybridized carbons (Fsp3) is 0.533. The van der Waals surface area contributed by atoms with Gasteiger partial charge in [0.25, 0.3) is 0 Å². The number of nitrogens with two attached hydrogens (primary N) is 1. The van der Waals surface area contributed by atoms with E-state index < -0.39 is 5.54 Å². The van der Waals surface area contributed by atoms with E-state index in [0.29, 0.717) is 24.5 Å². The number of benzene rings is 1. The van der Waals surface area contributed by atoms with Gasteiger partial charge >= 0.3 is 0 Å². The molecule has 2 rings (SSSR count). The number of hydrogen-bond donors (Lipinski definition) is 3. The van der Waals surface area contributed by atoms with E-state index in [4.69, 9.17) is 22.1 Å². The molecule has 1 aromatic carbocycles. The third-order valence-corrected chi connectivity index (χ3v) is 4.11. The van der Waals surface area contributed by atoms with Crippen LogP contribution in [0.1, 0.15) is 24.4 Å². The zero-order chi connectivity index (χ0) is 15.3. The van der Waals surface area contributed by atoms with Gasteiger partial charge in [-0.15, -0.1) is 0 Å². The van der Waals surface area contributed by atoms with E-state index in [1.165, 1.54) is 0 Å². The Morgan fingerprint density at radius 2 is 2.05 bits per heavy atom. The van der Waals surface area contributed by atoms with Crippen LogP contribution in [0.4, 0.5) is 0 Å². The molecule has 1 aliphatic rings. The molecule has 5 nitrogen and oxygen atoms in total. The number of amides is 1. The summed E-state index contributed by atoms with van der Waals surface area (Å²) in [6, 6.07) is 7.15. The van der Waals surface area contributed by atoms with Crippen LogP contribution >= 0.6 is 11.6 Å². The van der Waals surface area contributed by atoms with Gasteiger partial charge in [0.2, 0.25) is 5.91 Å². The molecule has 1 atom stereocenters. The quantitative estimate of drug-likeness (QED) is 0.764. The number of halogens is 1. The van der Waals surface area contributed by atoms with Crippen molar-refractivity contribution in [3.8, 4) is 0 Å². The Bertz CT molecular complexity index is 472. The van der Waals surface area contributed by atoms with Crippen LogP contribution in [0.2, 0.25) is 5.02 Å². The van der Waals surface area contributed by atoms with Crippen LogP contribution in [0, 0.1) is 0 Å². The Morgan fingerprint density at radius 1 is 1.43 bits per heavy atom. The van der Waals surface area contributed by atoms with E-state index in [9.17, 15) is 4.79 Å². The Morgan fingerprint density at radius 3 is 2.62 bits per heavy atom. The Balaban J connectivity index is 2.08. The van der Waals surface area contributed by atoms with Gasteiger partial charge in [-0.05, 0) is 43.6 Å². The number of nitrogens with one attached hydrogen (secondary N) is 2. The van der Waals surface area contributed by atoms with Crippen LogP contribution in [0.3, 0.4) is 0 Å². The molecule has 0 radical (unpaired) electrons. The van der Waals surface area contributed by atoms with Crippen LogP contribution < -0.4 is 16.4 Å². The summed E-state index contributed by atoms with van der Waals surface area (Å²) < 4.78 is 5.21. The highest BCUT2D eigenvalue weighted by Crippen LogP contribution is 2.20. The van der Waals surface area contributed by atoms with Crippen molar-refractivity contribution in [1.82, 2.24) is 10.6 Å². The number of carbonyl (C=O) groups is 1. The summed E-state index contributed by atoms with van der Waals surface area (Å²) in [6.07, 6.45) is 1.28. The van der Waals surface area contributed by atoms with Crippen molar-refractivity contribution in [3.63, 3.8) is 0 Å².